The summed E-state index contributed by atoms with van der Waals surface area (Å²) in [5.41, 5.74) is 0.0140. The van der Waals surface area contributed by atoms with Crippen molar-refractivity contribution in [2.24, 2.45) is 0 Å². The molecule has 1 aromatic rings. The molecule has 1 fully saturated rings. The number of hydrogen-bond donors (Lipinski definition) is 2. The van der Waals surface area contributed by atoms with Crippen LogP contribution in [0.5, 0.6) is 0 Å². The second-order valence-corrected chi connectivity index (χ2v) is 3.76. The molecule has 1 aliphatic heterocycles. The molecule has 16 heavy (non-hydrogen) atoms. The van der Waals surface area contributed by atoms with Crippen molar-refractivity contribution < 1.29 is 13.6 Å². The van der Waals surface area contributed by atoms with Gasteiger partial charge in [0.15, 0.2) is 0 Å². The largest absolute Gasteiger partial charge is 0.322 e. The average molecular weight is 226 g/mol. The number of anilines is 1. The van der Waals surface area contributed by atoms with Crippen LogP contribution in [-0.2, 0) is 4.79 Å². The highest BCUT2D eigenvalue weighted by Gasteiger charge is 2.22. The van der Waals surface area contributed by atoms with E-state index in [1.807, 2.05) is 0 Å². The van der Waals surface area contributed by atoms with Crippen molar-refractivity contribution >= 4 is 11.6 Å². The summed E-state index contributed by atoms with van der Waals surface area (Å²) in [4.78, 5) is 11.6. The van der Waals surface area contributed by atoms with E-state index in [1.54, 1.807) is 0 Å². The van der Waals surface area contributed by atoms with Crippen LogP contribution in [0.15, 0.2) is 18.2 Å². The minimum absolute atomic E-state index is 0.0140. The lowest BCUT2D eigenvalue weighted by atomic mass is 10.2. The van der Waals surface area contributed by atoms with Crippen LogP contribution < -0.4 is 10.6 Å². The van der Waals surface area contributed by atoms with Gasteiger partial charge in [0.25, 0.3) is 0 Å². The molecule has 0 saturated carbocycles. The van der Waals surface area contributed by atoms with Crippen molar-refractivity contribution in [3.63, 3.8) is 0 Å². The number of rotatable bonds is 2. The van der Waals surface area contributed by atoms with Crippen molar-refractivity contribution in [2.75, 3.05) is 11.9 Å². The van der Waals surface area contributed by atoms with E-state index >= 15 is 0 Å². The van der Waals surface area contributed by atoms with Gasteiger partial charge >= 0.3 is 0 Å². The summed E-state index contributed by atoms with van der Waals surface area (Å²) in [5, 5.41) is 5.44. The van der Waals surface area contributed by atoms with Gasteiger partial charge in [-0.3, -0.25) is 4.79 Å². The highest BCUT2D eigenvalue weighted by atomic mass is 19.1. The van der Waals surface area contributed by atoms with Gasteiger partial charge in [0, 0.05) is 6.07 Å². The first-order valence-corrected chi connectivity index (χ1v) is 5.16. The van der Waals surface area contributed by atoms with Gasteiger partial charge in [-0.25, -0.2) is 8.78 Å². The van der Waals surface area contributed by atoms with Crippen LogP contribution in [0, 0.1) is 11.6 Å². The Labute approximate surface area is 91.8 Å². The van der Waals surface area contributed by atoms with Gasteiger partial charge < -0.3 is 10.6 Å². The summed E-state index contributed by atoms with van der Waals surface area (Å²) in [7, 11) is 0. The van der Waals surface area contributed by atoms with E-state index in [-0.39, 0.29) is 17.6 Å². The van der Waals surface area contributed by atoms with Crippen LogP contribution in [0.3, 0.4) is 0 Å². The van der Waals surface area contributed by atoms with Gasteiger partial charge in [0.2, 0.25) is 5.91 Å². The molecular formula is C11H12F2N2O. The van der Waals surface area contributed by atoms with Gasteiger partial charge in [0.05, 0.1) is 11.7 Å². The quantitative estimate of drug-likeness (QED) is 0.805. The Kier molecular flexibility index (Phi) is 3.14. The summed E-state index contributed by atoms with van der Waals surface area (Å²) in [6.07, 6.45) is 1.68. The number of carbonyl (C=O) groups excluding carboxylic acids is 1. The lowest BCUT2D eigenvalue weighted by molar-refractivity contribution is -0.117. The average Bonchev–Trinajstić information content (AvgIpc) is 2.75. The van der Waals surface area contributed by atoms with Crippen molar-refractivity contribution in [3.05, 3.63) is 29.8 Å². The maximum absolute atomic E-state index is 13.2. The molecule has 0 radical (unpaired) electrons. The summed E-state index contributed by atoms with van der Waals surface area (Å²) < 4.78 is 25.8. The third kappa shape index (κ3) is 2.36. The molecule has 2 rings (SSSR count). The smallest absolute Gasteiger partial charge is 0.241 e. The number of halogens is 2. The Hall–Kier alpha value is -1.49. The summed E-state index contributed by atoms with van der Waals surface area (Å²) in [6.45, 7) is 0.796. The Bertz CT molecular complexity index is 403. The Morgan fingerprint density at radius 1 is 1.44 bits per heavy atom. The van der Waals surface area contributed by atoms with Gasteiger partial charge in [-0.2, -0.15) is 0 Å². The molecule has 0 aliphatic carbocycles. The van der Waals surface area contributed by atoms with E-state index in [2.05, 4.69) is 10.6 Å². The van der Waals surface area contributed by atoms with Crippen molar-refractivity contribution in [1.82, 2.24) is 5.32 Å². The zero-order valence-electron chi connectivity index (χ0n) is 8.59. The summed E-state index contributed by atoms with van der Waals surface area (Å²) in [5.74, 6) is -1.69. The first-order valence-electron chi connectivity index (χ1n) is 5.16. The molecule has 1 saturated heterocycles. The van der Waals surface area contributed by atoms with E-state index in [0.29, 0.717) is 0 Å². The molecule has 0 aromatic heterocycles. The zero-order chi connectivity index (χ0) is 11.5. The van der Waals surface area contributed by atoms with E-state index in [0.717, 1.165) is 31.5 Å². The minimum Gasteiger partial charge on any atom is -0.322 e. The summed E-state index contributed by atoms with van der Waals surface area (Å²) in [6, 6.07) is 2.81. The molecular weight excluding hydrogens is 214 g/mol. The molecule has 1 aromatic carbocycles. The third-order valence-corrected chi connectivity index (χ3v) is 2.57. The molecule has 86 valence electrons. The van der Waals surface area contributed by atoms with Gasteiger partial charge in [0.1, 0.15) is 11.6 Å². The Balaban J connectivity index is 2.05. The monoisotopic (exact) mass is 226 g/mol. The van der Waals surface area contributed by atoms with Crippen LogP contribution in [0.25, 0.3) is 0 Å². The second kappa shape index (κ2) is 4.57. The normalized spacial score (nSPS) is 19.8. The topological polar surface area (TPSA) is 41.1 Å². The number of nitrogens with one attached hydrogen (secondary N) is 2. The van der Waals surface area contributed by atoms with E-state index < -0.39 is 11.6 Å². The SMILES string of the molecule is O=C(Nc1ccc(F)cc1F)[C@@H]1CCCN1. The van der Waals surface area contributed by atoms with Crippen molar-refractivity contribution in [2.45, 2.75) is 18.9 Å². The van der Waals surface area contributed by atoms with E-state index in [1.165, 1.54) is 6.07 Å². The molecule has 1 aliphatic rings. The Morgan fingerprint density at radius 2 is 2.25 bits per heavy atom. The molecule has 5 heteroatoms. The molecule has 1 atom stereocenters. The predicted molar refractivity (Wildman–Crippen MR) is 56.0 cm³/mol. The maximum Gasteiger partial charge on any atom is 0.241 e. The lowest BCUT2D eigenvalue weighted by Crippen LogP contribution is -2.35. The van der Waals surface area contributed by atoms with Crippen molar-refractivity contribution in [1.29, 1.82) is 0 Å². The third-order valence-electron chi connectivity index (χ3n) is 2.57. The molecule has 0 spiro atoms. The molecule has 1 amide bonds. The second-order valence-electron chi connectivity index (χ2n) is 3.76. The number of amides is 1. The predicted octanol–water partition coefficient (Wildman–Crippen LogP) is 1.66. The molecule has 1 heterocycles. The molecule has 0 bridgehead atoms. The van der Waals surface area contributed by atoms with E-state index in [9.17, 15) is 13.6 Å². The maximum atomic E-state index is 13.2. The lowest BCUT2D eigenvalue weighted by Gasteiger charge is -2.11. The van der Waals surface area contributed by atoms with Crippen LogP contribution in [0.4, 0.5) is 14.5 Å². The fourth-order valence-electron chi connectivity index (χ4n) is 1.72. The fourth-order valence-corrected chi connectivity index (χ4v) is 1.72. The highest BCUT2D eigenvalue weighted by Crippen LogP contribution is 2.16. The first kappa shape index (κ1) is 11.0. The van der Waals surface area contributed by atoms with Gasteiger partial charge in [-0.05, 0) is 31.5 Å². The van der Waals surface area contributed by atoms with Crippen LogP contribution in [0.2, 0.25) is 0 Å². The van der Waals surface area contributed by atoms with Crippen molar-refractivity contribution in [3.8, 4) is 0 Å². The standard InChI is InChI=1S/C11H12F2N2O/c12-7-3-4-9(8(13)6-7)15-11(16)10-2-1-5-14-10/h3-4,6,10,14H,1-2,5H2,(H,15,16)/t10-/m0/s1. The molecule has 0 unspecified atom stereocenters. The van der Waals surface area contributed by atoms with Crippen LogP contribution >= 0.6 is 0 Å². The Morgan fingerprint density at radius 3 is 2.88 bits per heavy atom. The van der Waals surface area contributed by atoms with E-state index in [4.69, 9.17) is 0 Å². The number of benzene rings is 1. The number of hydrogen-bond acceptors (Lipinski definition) is 2. The fraction of sp³-hybridized carbons (Fsp3) is 0.364. The highest BCUT2D eigenvalue weighted by molar-refractivity contribution is 5.95. The number of carbonyl (C=O) groups is 1. The zero-order valence-corrected chi connectivity index (χ0v) is 8.59. The molecule has 3 nitrogen and oxygen atoms in total. The van der Waals surface area contributed by atoms with Gasteiger partial charge in [-0.15, -0.1) is 0 Å². The van der Waals surface area contributed by atoms with Crippen LogP contribution in [0.1, 0.15) is 12.8 Å². The minimum atomic E-state index is -0.758. The first-order chi connectivity index (χ1) is 7.66. The van der Waals surface area contributed by atoms with Gasteiger partial charge in [-0.1, -0.05) is 0 Å². The van der Waals surface area contributed by atoms with Crippen LogP contribution in [-0.4, -0.2) is 18.5 Å². The molecule has 2 N–H and O–H groups in total. The summed E-state index contributed by atoms with van der Waals surface area (Å²) >= 11 is 0.